The number of hydrogen-bond donors (Lipinski definition) is 1. The Kier molecular flexibility index (Phi) is 5.04. The maximum atomic E-state index is 12.4. The largest absolute Gasteiger partial charge is 0.496 e. The van der Waals surface area contributed by atoms with Crippen molar-refractivity contribution < 1.29 is 14.3 Å². The van der Waals surface area contributed by atoms with Crippen molar-refractivity contribution in [3.05, 3.63) is 59.2 Å². The first kappa shape index (κ1) is 15.9. The molecule has 2 aromatic rings. The molecule has 0 saturated heterocycles. The summed E-state index contributed by atoms with van der Waals surface area (Å²) in [6, 6.07) is 12.9. The molecule has 1 N–H and O–H groups in total. The van der Waals surface area contributed by atoms with Gasteiger partial charge in [0.25, 0.3) is 5.91 Å². The van der Waals surface area contributed by atoms with E-state index in [9.17, 15) is 4.79 Å². The molecule has 116 valence electrons. The molecule has 22 heavy (non-hydrogen) atoms. The standard InChI is InChI=1S/C18H21NO3/c1-12-11-14(9-10-16(12)21-3)18(20)19-13(2)15-7-5-6-8-17(15)22-4/h5-11,13H,1-4H3,(H,19,20). The summed E-state index contributed by atoms with van der Waals surface area (Å²) in [7, 11) is 3.24. The Morgan fingerprint density at radius 1 is 1.05 bits per heavy atom. The van der Waals surface area contributed by atoms with Crippen molar-refractivity contribution in [2.75, 3.05) is 14.2 Å². The summed E-state index contributed by atoms with van der Waals surface area (Å²) in [5, 5.41) is 2.99. The zero-order valence-corrected chi connectivity index (χ0v) is 13.3. The van der Waals surface area contributed by atoms with Crippen LogP contribution in [0.3, 0.4) is 0 Å². The van der Waals surface area contributed by atoms with Crippen LogP contribution in [0.1, 0.15) is 34.5 Å². The van der Waals surface area contributed by atoms with Crippen LogP contribution < -0.4 is 14.8 Å². The Balaban J connectivity index is 2.16. The van der Waals surface area contributed by atoms with Crippen LogP contribution in [0.2, 0.25) is 0 Å². The lowest BCUT2D eigenvalue weighted by molar-refractivity contribution is 0.0939. The molecule has 1 atom stereocenters. The Hall–Kier alpha value is -2.49. The Bertz CT molecular complexity index is 667. The van der Waals surface area contributed by atoms with Crippen molar-refractivity contribution >= 4 is 5.91 Å². The third-order valence-corrected chi connectivity index (χ3v) is 3.61. The second kappa shape index (κ2) is 6.98. The van der Waals surface area contributed by atoms with Gasteiger partial charge in [-0.2, -0.15) is 0 Å². The fourth-order valence-electron chi connectivity index (χ4n) is 2.40. The molecule has 0 heterocycles. The van der Waals surface area contributed by atoms with Crippen molar-refractivity contribution in [3.63, 3.8) is 0 Å². The van der Waals surface area contributed by atoms with Gasteiger partial charge in [0.2, 0.25) is 0 Å². The monoisotopic (exact) mass is 299 g/mol. The number of ether oxygens (including phenoxy) is 2. The molecule has 2 aromatic carbocycles. The number of para-hydroxylation sites is 1. The highest BCUT2D eigenvalue weighted by atomic mass is 16.5. The van der Waals surface area contributed by atoms with Crippen LogP contribution in [0.25, 0.3) is 0 Å². The highest BCUT2D eigenvalue weighted by Crippen LogP contribution is 2.25. The Morgan fingerprint density at radius 2 is 1.73 bits per heavy atom. The van der Waals surface area contributed by atoms with E-state index in [-0.39, 0.29) is 11.9 Å². The van der Waals surface area contributed by atoms with E-state index in [4.69, 9.17) is 9.47 Å². The number of nitrogens with one attached hydrogen (secondary N) is 1. The van der Waals surface area contributed by atoms with Crippen molar-refractivity contribution in [3.8, 4) is 11.5 Å². The average Bonchev–Trinajstić information content (AvgIpc) is 2.54. The first-order valence-corrected chi connectivity index (χ1v) is 7.15. The second-order valence-electron chi connectivity index (χ2n) is 5.12. The van der Waals surface area contributed by atoms with E-state index in [1.54, 1.807) is 26.4 Å². The molecule has 0 fully saturated rings. The highest BCUT2D eigenvalue weighted by Gasteiger charge is 2.15. The molecule has 1 unspecified atom stereocenters. The second-order valence-corrected chi connectivity index (χ2v) is 5.12. The normalized spacial score (nSPS) is 11.6. The highest BCUT2D eigenvalue weighted by molar-refractivity contribution is 5.94. The van der Waals surface area contributed by atoms with Crippen molar-refractivity contribution in [1.29, 1.82) is 0 Å². The van der Waals surface area contributed by atoms with E-state index in [0.29, 0.717) is 5.56 Å². The summed E-state index contributed by atoms with van der Waals surface area (Å²) in [5.41, 5.74) is 2.49. The maximum absolute atomic E-state index is 12.4. The fourth-order valence-corrected chi connectivity index (χ4v) is 2.40. The van der Waals surface area contributed by atoms with Crippen LogP contribution in [-0.4, -0.2) is 20.1 Å². The van der Waals surface area contributed by atoms with Gasteiger partial charge in [-0.3, -0.25) is 4.79 Å². The number of aryl methyl sites for hydroxylation is 1. The molecule has 2 rings (SSSR count). The number of methoxy groups -OCH3 is 2. The van der Waals surface area contributed by atoms with Gasteiger partial charge in [0.05, 0.1) is 20.3 Å². The zero-order valence-electron chi connectivity index (χ0n) is 13.3. The molecule has 0 bridgehead atoms. The predicted molar refractivity (Wildman–Crippen MR) is 86.6 cm³/mol. The van der Waals surface area contributed by atoms with Crippen molar-refractivity contribution in [1.82, 2.24) is 5.32 Å². The van der Waals surface area contributed by atoms with E-state index in [0.717, 1.165) is 22.6 Å². The maximum Gasteiger partial charge on any atom is 0.251 e. The van der Waals surface area contributed by atoms with Crippen LogP contribution in [-0.2, 0) is 0 Å². The molecular weight excluding hydrogens is 278 g/mol. The topological polar surface area (TPSA) is 47.6 Å². The predicted octanol–water partition coefficient (Wildman–Crippen LogP) is 3.50. The minimum absolute atomic E-state index is 0.121. The van der Waals surface area contributed by atoms with E-state index >= 15 is 0 Å². The third kappa shape index (κ3) is 3.39. The van der Waals surface area contributed by atoms with Crippen LogP contribution >= 0.6 is 0 Å². The molecule has 0 radical (unpaired) electrons. The summed E-state index contributed by atoms with van der Waals surface area (Å²) in [4.78, 5) is 12.4. The Morgan fingerprint density at radius 3 is 2.36 bits per heavy atom. The lowest BCUT2D eigenvalue weighted by atomic mass is 10.1. The van der Waals surface area contributed by atoms with Gasteiger partial charge < -0.3 is 14.8 Å². The van der Waals surface area contributed by atoms with E-state index in [1.807, 2.05) is 44.2 Å². The average molecular weight is 299 g/mol. The Labute approximate surface area is 131 Å². The molecule has 4 nitrogen and oxygen atoms in total. The van der Waals surface area contributed by atoms with Gasteiger partial charge in [0, 0.05) is 11.1 Å². The van der Waals surface area contributed by atoms with Crippen LogP contribution in [0, 0.1) is 6.92 Å². The first-order chi connectivity index (χ1) is 10.6. The number of benzene rings is 2. The van der Waals surface area contributed by atoms with Crippen LogP contribution in [0.4, 0.5) is 0 Å². The lowest BCUT2D eigenvalue weighted by Crippen LogP contribution is -2.27. The molecule has 1 amide bonds. The smallest absolute Gasteiger partial charge is 0.251 e. The summed E-state index contributed by atoms with van der Waals surface area (Å²) >= 11 is 0. The molecule has 0 aliphatic carbocycles. The fraction of sp³-hybridized carbons (Fsp3) is 0.278. The molecule has 0 aromatic heterocycles. The van der Waals surface area contributed by atoms with Crippen molar-refractivity contribution in [2.24, 2.45) is 0 Å². The number of carbonyl (C=O) groups is 1. The minimum Gasteiger partial charge on any atom is -0.496 e. The zero-order chi connectivity index (χ0) is 16.1. The minimum atomic E-state index is -0.147. The van der Waals surface area contributed by atoms with Crippen LogP contribution in [0.15, 0.2) is 42.5 Å². The summed E-state index contributed by atoms with van der Waals surface area (Å²) < 4.78 is 10.5. The first-order valence-electron chi connectivity index (χ1n) is 7.15. The van der Waals surface area contributed by atoms with Gasteiger partial charge in [0.15, 0.2) is 0 Å². The number of carbonyl (C=O) groups excluding carboxylic acids is 1. The van der Waals surface area contributed by atoms with Gasteiger partial charge in [-0.25, -0.2) is 0 Å². The molecule has 0 saturated carbocycles. The SMILES string of the molecule is COc1ccc(C(=O)NC(C)c2ccccc2OC)cc1C. The van der Waals surface area contributed by atoms with E-state index in [2.05, 4.69) is 5.32 Å². The van der Waals surface area contributed by atoms with Crippen molar-refractivity contribution in [2.45, 2.75) is 19.9 Å². The van der Waals surface area contributed by atoms with E-state index in [1.165, 1.54) is 0 Å². The lowest BCUT2D eigenvalue weighted by Gasteiger charge is -2.17. The summed E-state index contributed by atoms with van der Waals surface area (Å²) in [6.45, 7) is 3.85. The van der Waals surface area contributed by atoms with Gasteiger partial charge in [-0.15, -0.1) is 0 Å². The molecular formula is C18H21NO3. The van der Waals surface area contributed by atoms with Gasteiger partial charge in [-0.05, 0) is 43.7 Å². The van der Waals surface area contributed by atoms with Gasteiger partial charge in [-0.1, -0.05) is 18.2 Å². The number of rotatable bonds is 5. The number of amides is 1. The van der Waals surface area contributed by atoms with Gasteiger partial charge in [0.1, 0.15) is 11.5 Å². The van der Waals surface area contributed by atoms with E-state index < -0.39 is 0 Å². The number of hydrogen-bond acceptors (Lipinski definition) is 3. The molecule has 0 aliphatic rings. The summed E-state index contributed by atoms with van der Waals surface area (Å²) in [6.07, 6.45) is 0. The third-order valence-electron chi connectivity index (χ3n) is 3.61. The molecule has 0 aliphatic heterocycles. The summed E-state index contributed by atoms with van der Waals surface area (Å²) in [5.74, 6) is 1.42. The van der Waals surface area contributed by atoms with Crippen LogP contribution in [0.5, 0.6) is 11.5 Å². The van der Waals surface area contributed by atoms with Gasteiger partial charge >= 0.3 is 0 Å². The molecule has 0 spiro atoms. The quantitative estimate of drug-likeness (QED) is 0.919. The molecule has 4 heteroatoms.